The van der Waals surface area contributed by atoms with Crippen LogP contribution in [0.1, 0.15) is 18.0 Å². The summed E-state index contributed by atoms with van der Waals surface area (Å²) in [5.74, 6) is 0.774. The number of hydrogen-bond donors (Lipinski definition) is 1. The molecule has 1 aromatic heterocycles. The zero-order chi connectivity index (χ0) is 12.6. The summed E-state index contributed by atoms with van der Waals surface area (Å²) in [5, 5.41) is 3.45. The van der Waals surface area contributed by atoms with Crippen LogP contribution < -0.4 is 10.1 Å². The van der Waals surface area contributed by atoms with E-state index in [1.54, 1.807) is 13.3 Å². The van der Waals surface area contributed by atoms with Crippen molar-refractivity contribution in [1.29, 1.82) is 0 Å². The number of nitrogens with one attached hydrogen (secondary N) is 1. The lowest BCUT2D eigenvalue weighted by molar-refractivity contribution is 0.131. The average Bonchev–Trinajstić information content (AvgIpc) is 2.68. The van der Waals surface area contributed by atoms with Crippen molar-refractivity contribution in [2.24, 2.45) is 0 Å². The Hall–Kier alpha value is -1.17. The Morgan fingerprint density at radius 1 is 1.44 bits per heavy atom. The van der Waals surface area contributed by atoms with E-state index >= 15 is 0 Å². The molecule has 0 bridgehead atoms. The van der Waals surface area contributed by atoms with Gasteiger partial charge in [0.1, 0.15) is 12.4 Å². The largest absolute Gasteiger partial charge is 0.490 e. The summed E-state index contributed by atoms with van der Waals surface area (Å²) >= 11 is 0. The summed E-state index contributed by atoms with van der Waals surface area (Å²) in [5.41, 5.74) is 1.10. The molecule has 2 rings (SSSR count). The number of nitrogens with zero attached hydrogens (tertiary/aromatic N) is 1. The summed E-state index contributed by atoms with van der Waals surface area (Å²) in [4.78, 5) is 4.21. The maximum atomic E-state index is 5.55. The van der Waals surface area contributed by atoms with Gasteiger partial charge in [-0.05, 0) is 24.6 Å². The van der Waals surface area contributed by atoms with Gasteiger partial charge in [-0.15, -0.1) is 0 Å². The van der Waals surface area contributed by atoms with E-state index in [-0.39, 0.29) is 6.04 Å². The second-order valence-electron chi connectivity index (χ2n) is 4.23. The first kappa shape index (κ1) is 13.3. The summed E-state index contributed by atoms with van der Waals surface area (Å²) in [6, 6.07) is 2.21. The number of ether oxygens (including phenoxy) is 3. The SMILES string of the molecule is COCCOc1cncc(C2COCCCN2)c1. The Labute approximate surface area is 107 Å². The van der Waals surface area contributed by atoms with Crippen LogP contribution in [0.2, 0.25) is 0 Å². The maximum absolute atomic E-state index is 5.55. The third-order valence-electron chi connectivity index (χ3n) is 2.83. The smallest absolute Gasteiger partial charge is 0.138 e. The van der Waals surface area contributed by atoms with Crippen molar-refractivity contribution >= 4 is 0 Å². The van der Waals surface area contributed by atoms with Gasteiger partial charge < -0.3 is 19.5 Å². The molecule has 2 heterocycles. The molecule has 0 aromatic carbocycles. The molecule has 1 N–H and O–H groups in total. The van der Waals surface area contributed by atoms with Crippen molar-refractivity contribution < 1.29 is 14.2 Å². The molecule has 1 aromatic rings. The lowest BCUT2D eigenvalue weighted by Crippen LogP contribution is -2.23. The molecule has 0 aliphatic carbocycles. The Morgan fingerprint density at radius 3 is 3.28 bits per heavy atom. The molecular weight excluding hydrogens is 232 g/mol. The van der Waals surface area contributed by atoms with E-state index < -0.39 is 0 Å². The minimum absolute atomic E-state index is 0.200. The van der Waals surface area contributed by atoms with Crippen LogP contribution in [0.15, 0.2) is 18.5 Å². The van der Waals surface area contributed by atoms with E-state index in [4.69, 9.17) is 14.2 Å². The summed E-state index contributed by atoms with van der Waals surface area (Å²) in [7, 11) is 1.66. The zero-order valence-electron chi connectivity index (χ0n) is 10.7. The summed E-state index contributed by atoms with van der Waals surface area (Å²) < 4.78 is 16.1. The fraction of sp³-hybridized carbons (Fsp3) is 0.615. The van der Waals surface area contributed by atoms with Gasteiger partial charge in [-0.25, -0.2) is 0 Å². The molecular formula is C13H20N2O3. The topological polar surface area (TPSA) is 52.6 Å². The van der Waals surface area contributed by atoms with Crippen molar-refractivity contribution in [3.63, 3.8) is 0 Å². The van der Waals surface area contributed by atoms with Crippen LogP contribution in [-0.2, 0) is 9.47 Å². The molecule has 1 unspecified atom stereocenters. The normalized spacial score (nSPS) is 20.4. The van der Waals surface area contributed by atoms with Gasteiger partial charge in [0.15, 0.2) is 0 Å². The number of pyridine rings is 1. The third kappa shape index (κ3) is 3.94. The molecule has 0 radical (unpaired) electrons. The van der Waals surface area contributed by atoms with Gasteiger partial charge in [0.05, 0.1) is 25.5 Å². The Morgan fingerprint density at radius 2 is 2.39 bits per heavy atom. The second-order valence-corrected chi connectivity index (χ2v) is 4.23. The lowest BCUT2D eigenvalue weighted by atomic mass is 10.1. The minimum Gasteiger partial charge on any atom is -0.490 e. The highest BCUT2D eigenvalue weighted by Gasteiger charge is 2.14. The Balaban J connectivity index is 1.96. The molecule has 18 heavy (non-hydrogen) atoms. The first-order chi connectivity index (χ1) is 8.90. The van der Waals surface area contributed by atoms with Gasteiger partial charge >= 0.3 is 0 Å². The molecule has 5 heteroatoms. The highest BCUT2D eigenvalue weighted by molar-refractivity contribution is 5.26. The second kappa shape index (κ2) is 7.31. The van der Waals surface area contributed by atoms with Crippen LogP contribution in [-0.4, -0.2) is 45.1 Å². The van der Waals surface area contributed by atoms with Gasteiger partial charge in [-0.1, -0.05) is 0 Å². The molecule has 100 valence electrons. The van der Waals surface area contributed by atoms with Crippen molar-refractivity contribution in [2.75, 3.05) is 40.1 Å². The molecule has 0 amide bonds. The molecule has 1 saturated heterocycles. The highest BCUT2D eigenvalue weighted by atomic mass is 16.5. The fourth-order valence-electron chi connectivity index (χ4n) is 1.87. The number of hydrogen-bond acceptors (Lipinski definition) is 5. The molecule has 1 atom stereocenters. The average molecular weight is 252 g/mol. The fourth-order valence-corrected chi connectivity index (χ4v) is 1.87. The van der Waals surface area contributed by atoms with E-state index in [2.05, 4.69) is 10.3 Å². The minimum atomic E-state index is 0.200. The van der Waals surface area contributed by atoms with Gasteiger partial charge in [0.2, 0.25) is 0 Å². The van der Waals surface area contributed by atoms with E-state index in [0.29, 0.717) is 19.8 Å². The van der Waals surface area contributed by atoms with Gasteiger partial charge in [0.25, 0.3) is 0 Å². The van der Waals surface area contributed by atoms with Crippen molar-refractivity contribution in [3.8, 4) is 5.75 Å². The maximum Gasteiger partial charge on any atom is 0.138 e. The van der Waals surface area contributed by atoms with E-state index in [1.807, 2.05) is 12.3 Å². The first-order valence-electron chi connectivity index (χ1n) is 6.28. The Bertz CT molecular complexity index is 352. The predicted octanol–water partition coefficient (Wildman–Crippen LogP) is 1.16. The third-order valence-corrected chi connectivity index (χ3v) is 2.83. The van der Waals surface area contributed by atoms with Crippen LogP contribution >= 0.6 is 0 Å². The monoisotopic (exact) mass is 252 g/mol. The quantitative estimate of drug-likeness (QED) is 0.797. The summed E-state index contributed by atoms with van der Waals surface area (Å²) in [6.45, 7) is 3.59. The zero-order valence-corrected chi connectivity index (χ0v) is 10.7. The first-order valence-corrected chi connectivity index (χ1v) is 6.28. The van der Waals surface area contributed by atoms with Crippen LogP contribution in [0.25, 0.3) is 0 Å². The van der Waals surface area contributed by atoms with Crippen molar-refractivity contribution in [3.05, 3.63) is 24.0 Å². The Kier molecular flexibility index (Phi) is 5.38. The van der Waals surface area contributed by atoms with Crippen molar-refractivity contribution in [1.82, 2.24) is 10.3 Å². The predicted molar refractivity (Wildman–Crippen MR) is 67.8 cm³/mol. The van der Waals surface area contributed by atoms with Gasteiger partial charge in [-0.2, -0.15) is 0 Å². The van der Waals surface area contributed by atoms with Gasteiger partial charge in [-0.3, -0.25) is 4.98 Å². The molecule has 0 saturated carbocycles. The van der Waals surface area contributed by atoms with Crippen LogP contribution in [0.4, 0.5) is 0 Å². The lowest BCUT2D eigenvalue weighted by Gasteiger charge is -2.16. The molecule has 0 spiro atoms. The molecule has 1 aliphatic rings. The summed E-state index contributed by atoms with van der Waals surface area (Å²) in [6.07, 6.45) is 4.63. The van der Waals surface area contributed by atoms with E-state index in [9.17, 15) is 0 Å². The van der Waals surface area contributed by atoms with E-state index in [1.165, 1.54) is 0 Å². The molecule has 1 aliphatic heterocycles. The van der Waals surface area contributed by atoms with Crippen LogP contribution in [0.3, 0.4) is 0 Å². The molecule has 1 fully saturated rings. The standard InChI is InChI=1S/C13H20N2O3/c1-16-5-6-18-12-7-11(8-14-9-12)13-10-17-4-2-3-15-13/h7-9,13,15H,2-6,10H2,1H3. The van der Waals surface area contributed by atoms with E-state index in [0.717, 1.165) is 30.9 Å². The number of aromatic nitrogens is 1. The van der Waals surface area contributed by atoms with Crippen LogP contribution in [0, 0.1) is 0 Å². The van der Waals surface area contributed by atoms with Crippen molar-refractivity contribution in [2.45, 2.75) is 12.5 Å². The van der Waals surface area contributed by atoms with Crippen LogP contribution in [0.5, 0.6) is 5.75 Å². The number of rotatable bonds is 5. The number of methoxy groups -OCH3 is 1. The van der Waals surface area contributed by atoms with Gasteiger partial charge in [0, 0.05) is 19.9 Å². The molecule has 5 nitrogen and oxygen atoms in total. The highest BCUT2D eigenvalue weighted by Crippen LogP contribution is 2.19.